The molecule has 9 heteroatoms. The highest BCUT2D eigenvalue weighted by atomic mass is 16.2. The second kappa shape index (κ2) is 9.74. The van der Waals surface area contributed by atoms with Gasteiger partial charge >= 0.3 is 5.69 Å². The number of anilines is 2. The number of benzene rings is 1. The number of nitrogen functional groups attached to an aromatic ring is 1. The number of likely N-dealkylation sites (tertiary alicyclic amines) is 1. The van der Waals surface area contributed by atoms with Gasteiger partial charge in [0.2, 0.25) is 5.91 Å². The number of amides is 1. The Labute approximate surface area is 180 Å². The lowest BCUT2D eigenvalue weighted by molar-refractivity contribution is -0.121. The van der Waals surface area contributed by atoms with Gasteiger partial charge < -0.3 is 11.1 Å². The number of carbonyl (C=O) groups is 2. The van der Waals surface area contributed by atoms with Gasteiger partial charge in [0.05, 0.1) is 6.54 Å². The van der Waals surface area contributed by atoms with Crippen molar-refractivity contribution in [3.63, 3.8) is 0 Å². The molecule has 1 fully saturated rings. The number of nitrogens with two attached hydrogens (primary N) is 1. The van der Waals surface area contributed by atoms with Crippen molar-refractivity contribution in [2.45, 2.75) is 32.7 Å². The van der Waals surface area contributed by atoms with Crippen LogP contribution in [0.3, 0.4) is 0 Å². The lowest BCUT2D eigenvalue weighted by atomic mass is 9.95. The van der Waals surface area contributed by atoms with E-state index < -0.39 is 17.0 Å². The predicted octanol–water partition coefficient (Wildman–Crippen LogP) is 1.07. The number of aromatic nitrogens is 2. The zero-order valence-electron chi connectivity index (χ0n) is 18.0. The van der Waals surface area contributed by atoms with Crippen molar-refractivity contribution in [1.82, 2.24) is 14.0 Å². The summed E-state index contributed by atoms with van der Waals surface area (Å²) < 4.78 is 2.20. The summed E-state index contributed by atoms with van der Waals surface area (Å²) >= 11 is 0. The molecule has 1 aliphatic rings. The Balaban J connectivity index is 1.65. The van der Waals surface area contributed by atoms with Crippen molar-refractivity contribution in [3.8, 4) is 0 Å². The molecule has 1 aliphatic heterocycles. The van der Waals surface area contributed by atoms with Gasteiger partial charge in [-0.2, -0.15) is 0 Å². The van der Waals surface area contributed by atoms with Crippen molar-refractivity contribution in [3.05, 3.63) is 56.7 Å². The molecule has 0 saturated carbocycles. The molecule has 9 nitrogen and oxygen atoms in total. The van der Waals surface area contributed by atoms with E-state index in [1.54, 1.807) is 0 Å². The van der Waals surface area contributed by atoms with E-state index in [0.717, 1.165) is 10.3 Å². The quantitative estimate of drug-likeness (QED) is 0.638. The molecule has 1 aromatic carbocycles. The van der Waals surface area contributed by atoms with Crippen molar-refractivity contribution < 1.29 is 9.59 Å². The highest BCUT2D eigenvalue weighted by molar-refractivity contribution is 6.01. The fourth-order valence-corrected chi connectivity index (χ4v) is 3.89. The van der Waals surface area contributed by atoms with Crippen molar-refractivity contribution >= 4 is 23.2 Å². The summed E-state index contributed by atoms with van der Waals surface area (Å²) in [7, 11) is 1.35. The Kier molecular flexibility index (Phi) is 7.06. The van der Waals surface area contributed by atoms with Gasteiger partial charge in [-0.25, -0.2) is 4.79 Å². The number of Topliss-reactive ketones (excluding diaryl/α,β-unsaturated/α-hetero) is 1. The van der Waals surface area contributed by atoms with Crippen LogP contribution in [0.4, 0.5) is 11.5 Å². The molecule has 0 unspecified atom stereocenters. The minimum absolute atomic E-state index is 0.0246. The summed E-state index contributed by atoms with van der Waals surface area (Å²) in [4.78, 5) is 52.1. The monoisotopic (exact) mass is 427 g/mol. The molecule has 0 bridgehead atoms. The minimum Gasteiger partial charge on any atom is -0.384 e. The van der Waals surface area contributed by atoms with E-state index in [9.17, 15) is 19.2 Å². The van der Waals surface area contributed by atoms with Gasteiger partial charge in [0.25, 0.3) is 5.56 Å². The zero-order valence-corrected chi connectivity index (χ0v) is 18.0. The second-order valence-corrected chi connectivity index (χ2v) is 7.89. The number of ketones is 1. The Morgan fingerprint density at radius 2 is 1.77 bits per heavy atom. The number of hydrogen-bond acceptors (Lipinski definition) is 6. The molecule has 1 amide bonds. The molecule has 2 heterocycles. The molecule has 166 valence electrons. The fraction of sp³-hybridized carbons (Fsp3) is 0.455. The molecule has 0 radical (unpaired) electrons. The van der Waals surface area contributed by atoms with Crippen LogP contribution in [-0.2, 0) is 18.4 Å². The summed E-state index contributed by atoms with van der Waals surface area (Å²) in [5.41, 5.74) is 5.47. The van der Waals surface area contributed by atoms with Gasteiger partial charge in [0, 0.05) is 25.2 Å². The van der Waals surface area contributed by atoms with Crippen LogP contribution in [0.1, 0.15) is 36.5 Å². The molecular formula is C22H29N5O4. The number of carbonyl (C=O) groups excluding carboxylic acids is 2. The topological polar surface area (TPSA) is 119 Å². The standard InChI is InChI=1S/C22H29N5O4/c1-3-11-27-19(23)18(21(30)25(2)22(27)31)17(28)14-26-12-9-15(10-13-26)20(29)24-16-7-5-4-6-8-16/h4-8,15H,3,9-14,23H2,1-2H3,(H,24,29). The van der Waals surface area contributed by atoms with E-state index in [0.29, 0.717) is 38.9 Å². The lowest BCUT2D eigenvalue weighted by Crippen LogP contribution is -2.45. The Bertz CT molecular complexity index is 1070. The zero-order chi connectivity index (χ0) is 22.5. The first-order chi connectivity index (χ1) is 14.8. The third-order valence-corrected chi connectivity index (χ3v) is 5.68. The minimum atomic E-state index is -0.669. The van der Waals surface area contributed by atoms with E-state index in [1.165, 1.54) is 11.6 Å². The Hall–Kier alpha value is -3.20. The highest BCUT2D eigenvalue weighted by Gasteiger charge is 2.28. The molecule has 3 N–H and O–H groups in total. The summed E-state index contributed by atoms with van der Waals surface area (Å²) in [6, 6.07) is 9.30. The van der Waals surface area contributed by atoms with Crippen LogP contribution < -0.4 is 22.3 Å². The van der Waals surface area contributed by atoms with E-state index in [-0.39, 0.29) is 29.8 Å². The van der Waals surface area contributed by atoms with E-state index in [1.807, 2.05) is 42.2 Å². The van der Waals surface area contributed by atoms with Crippen LogP contribution in [0.2, 0.25) is 0 Å². The Morgan fingerprint density at radius 1 is 1.13 bits per heavy atom. The van der Waals surface area contributed by atoms with Crippen LogP contribution in [0.25, 0.3) is 0 Å². The molecule has 0 atom stereocenters. The first-order valence-corrected chi connectivity index (χ1v) is 10.5. The van der Waals surface area contributed by atoms with Crippen molar-refractivity contribution in [2.24, 2.45) is 13.0 Å². The van der Waals surface area contributed by atoms with Gasteiger partial charge in [0.15, 0.2) is 5.78 Å². The summed E-state index contributed by atoms with van der Waals surface area (Å²) in [6.45, 7) is 3.37. The maximum absolute atomic E-state index is 12.9. The third kappa shape index (κ3) is 4.93. The predicted molar refractivity (Wildman–Crippen MR) is 119 cm³/mol. The molecule has 3 rings (SSSR count). The number of nitrogens with zero attached hydrogens (tertiary/aromatic N) is 3. The van der Waals surface area contributed by atoms with Gasteiger partial charge in [-0.3, -0.25) is 28.4 Å². The van der Waals surface area contributed by atoms with Gasteiger partial charge in [-0.15, -0.1) is 0 Å². The van der Waals surface area contributed by atoms with Gasteiger partial charge in [-0.05, 0) is 44.5 Å². The number of rotatable bonds is 7. The summed E-state index contributed by atoms with van der Waals surface area (Å²) in [5.74, 6) is -0.634. The Morgan fingerprint density at radius 3 is 2.39 bits per heavy atom. The van der Waals surface area contributed by atoms with Gasteiger partial charge in [-0.1, -0.05) is 25.1 Å². The maximum Gasteiger partial charge on any atom is 0.332 e. The summed E-state index contributed by atoms with van der Waals surface area (Å²) in [6.07, 6.45) is 1.89. The largest absolute Gasteiger partial charge is 0.384 e. The normalized spacial score (nSPS) is 15.0. The first kappa shape index (κ1) is 22.5. The third-order valence-electron chi connectivity index (χ3n) is 5.68. The maximum atomic E-state index is 12.9. The van der Waals surface area contributed by atoms with Crippen LogP contribution in [-0.4, -0.2) is 45.4 Å². The molecule has 31 heavy (non-hydrogen) atoms. The first-order valence-electron chi connectivity index (χ1n) is 10.5. The van der Waals surface area contributed by atoms with E-state index in [2.05, 4.69) is 5.32 Å². The van der Waals surface area contributed by atoms with Crippen molar-refractivity contribution in [1.29, 1.82) is 0 Å². The molecular weight excluding hydrogens is 398 g/mol. The average molecular weight is 428 g/mol. The molecule has 1 aromatic heterocycles. The van der Waals surface area contributed by atoms with Crippen LogP contribution in [0.5, 0.6) is 0 Å². The van der Waals surface area contributed by atoms with E-state index in [4.69, 9.17) is 5.73 Å². The number of nitrogens with one attached hydrogen (secondary N) is 1. The van der Waals surface area contributed by atoms with Gasteiger partial charge in [0.1, 0.15) is 11.4 Å². The molecule has 0 spiro atoms. The molecule has 0 aliphatic carbocycles. The molecule has 2 aromatic rings. The fourth-order valence-electron chi connectivity index (χ4n) is 3.89. The lowest BCUT2D eigenvalue weighted by Gasteiger charge is -2.30. The summed E-state index contributed by atoms with van der Waals surface area (Å²) in [5, 5.41) is 2.92. The second-order valence-electron chi connectivity index (χ2n) is 7.89. The van der Waals surface area contributed by atoms with Crippen LogP contribution in [0, 0.1) is 5.92 Å². The average Bonchev–Trinajstić information content (AvgIpc) is 2.76. The van der Waals surface area contributed by atoms with E-state index >= 15 is 0 Å². The number of hydrogen-bond donors (Lipinski definition) is 2. The van der Waals surface area contributed by atoms with Crippen molar-refractivity contribution in [2.75, 3.05) is 30.7 Å². The number of para-hydroxylation sites is 1. The number of piperidine rings is 1. The van der Waals surface area contributed by atoms with Crippen LogP contribution in [0.15, 0.2) is 39.9 Å². The highest BCUT2D eigenvalue weighted by Crippen LogP contribution is 2.20. The van der Waals surface area contributed by atoms with Crippen LogP contribution >= 0.6 is 0 Å². The smallest absolute Gasteiger partial charge is 0.332 e. The SMILES string of the molecule is CCCn1c(N)c(C(=O)CN2CCC(C(=O)Nc3ccccc3)CC2)c(=O)n(C)c1=O. The molecule has 1 saturated heterocycles.